The van der Waals surface area contributed by atoms with Crippen LogP contribution in [0.1, 0.15) is 45.2 Å². The zero-order chi connectivity index (χ0) is 37.3. The van der Waals surface area contributed by atoms with E-state index in [-0.39, 0.29) is 6.10 Å². The van der Waals surface area contributed by atoms with Crippen LogP contribution < -0.4 is 19.4 Å². The molecule has 0 aromatic heterocycles. The summed E-state index contributed by atoms with van der Waals surface area (Å²) in [6.07, 6.45) is 5.84. The molecule has 6 rings (SSSR count). The van der Waals surface area contributed by atoms with E-state index in [1.165, 1.54) is 11.4 Å². The van der Waals surface area contributed by atoms with Gasteiger partial charge in [0.1, 0.15) is 30.6 Å². The summed E-state index contributed by atoms with van der Waals surface area (Å²) in [5, 5.41) is 13.3. The zero-order valence-electron chi connectivity index (χ0n) is 31.5. The molecule has 3 aliphatic rings. The van der Waals surface area contributed by atoms with E-state index in [9.17, 15) is 0 Å². The maximum Gasteiger partial charge on any atom is 0.216 e. The number of allylic oxidation sites excluding steroid dienone is 1. The Labute approximate surface area is 315 Å². The molecular weight excluding hydrogens is 674 g/mol. The molecule has 11 heteroatoms. The number of rotatable bonds is 13. The Kier molecular flexibility index (Phi) is 13.3. The summed E-state index contributed by atoms with van der Waals surface area (Å²) in [6.45, 7) is 23.1. The Balaban J connectivity index is 0.00000257. The van der Waals surface area contributed by atoms with Gasteiger partial charge in [-0.2, -0.15) is 10.2 Å². The van der Waals surface area contributed by atoms with Gasteiger partial charge in [-0.15, -0.1) is 0 Å². The summed E-state index contributed by atoms with van der Waals surface area (Å²) in [4.78, 5) is 6.90. The smallest absolute Gasteiger partial charge is 0.216 e. The van der Waals surface area contributed by atoms with Gasteiger partial charge < -0.3 is 24.0 Å². The van der Waals surface area contributed by atoms with Gasteiger partial charge in [-0.25, -0.2) is 5.01 Å². The van der Waals surface area contributed by atoms with Gasteiger partial charge in [-0.3, -0.25) is 9.91 Å². The van der Waals surface area contributed by atoms with Gasteiger partial charge in [0, 0.05) is 67.1 Å². The van der Waals surface area contributed by atoms with Gasteiger partial charge >= 0.3 is 0 Å². The number of hydrogen-bond acceptors (Lipinski definition) is 10. The van der Waals surface area contributed by atoms with Crippen LogP contribution in [-0.2, 0) is 15.3 Å². The molecule has 278 valence electrons. The van der Waals surface area contributed by atoms with Crippen LogP contribution in [0.25, 0.3) is 0 Å². The second-order valence-electron chi connectivity index (χ2n) is 13.0. The minimum Gasteiger partial charge on any atom is -0.491 e. The number of hydrogen-bond donors (Lipinski definition) is 0. The molecule has 10 nitrogen and oxygen atoms in total. The summed E-state index contributed by atoms with van der Waals surface area (Å²) >= 11 is 6.69. The Morgan fingerprint density at radius 2 is 1.63 bits per heavy atom. The number of nitrogens with zero attached hydrogens (tertiary/aromatic N) is 7. The molecule has 0 amide bonds. The standard InChI is InChI=1S/C39H48ClN7O3.C2H6/c1-7-19-41-43(6)27-39(37-18-9-29(3)24-38(37)40)49-26-36(50-39)25-48-35-16-14-33(15-17-35)45-22-20-44(21-23-45)32-10-12-34(13-11-32)46-28-42-47(31(46)5)30(4)8-2;1-2/h7,9-19,24,28,30,36H,1,5,8,20-23,25-27H2,2-4,6H3;1-2H3/b41-19-;. The lowest BCUT2D eigenvalue weighted by atomic mass is 10.0. The molecular formula is C41H54ClN7O3. The Morgan fingerprint density at radius 1 is 1.02 bits per heavy atom. The molecule has 52 heavy (non-hydrogen) atoms. The van der Waals surface area contributed by atoms with E-state index in [0.29, 0.717) is 30.8 Å². The normalized spacial score (nSPS) is 20.7. The fraction of sp³-hybridized carbons (Fsp3) is 0.415. The molecule has 3 aromatic rings. The third-order valence-electron chi connectivity index (χ3n) is 9.45. The van der Waals surface area contributed by atoms with E-state index < -0.39 is 5.79 Å². The fourth-order valence-electron chi connectivity index (χ4n) is 6.49. The summed E-state index contributed by atoms with van der Waals surface area (Å²) < 4.78 is 19.1. The van der Waals surface area contributed by atoms with Gasteiger partial charge in [-0.05, 0) is 86.5 Å². The molecule has 3 aromatic carbocycles. The molecule has 0 saturated carbocycles. The van der Waals surface area contributed by atoms with Crippen LogP contribution in [0.3, 0.4) is 0 Å². The Morgan fingerprint density at radius 3 is 2.23 bits per heavy atom. The minimum absolute atomic E-state index is 0.285. The van der Waals surface area contributed by atoms with Crippen LogP contribution in [0.5, 0.6) is 5.75 Å². The lowest BCUT2D eigenvalue weighted by Gasteiger charge is -2.37. The zero-order valence-corrected chi connectivity index (χ0v) is 32.3. The van der Waals surface area contributed by atoms with Gasteiger partial charge in [-0.1, -0.05) is 57.7 Å². The van der Waals surface area contributed by atoms with Gasteiger partial charge in [0.05, 0.1) is 19.2 Å². The Hall–Kier alpha value is -4.51. The number of aryl methyl sites for hydroxylation is 1. The van der Waals surface area contributed by atoms with E-state index in [4.69, 9.17) is 25.8 Å². The van der Waals surface area contributed by atoms with Gasteiger partial charge in [0.2, 0.25) is 5.79 Å². The molecule has 0 N–H and O–H groups in total. The van der Waals surface area contributed by atoms with Crippen molar-refractivity contribution in [3.05, 3.63) is 108 Å². The highest BCUT2D eigenvalue weighted by molar-refractivity contribution is 6.31. The first-order chi connectivity index (χ1) is 25.2. The Bertz CT molecular complexity index is 1690. The van der Waals surface area contributed by atoms with Crippen molar-refractivity contribution in [2.24, 2.45) is 10.2 Å². The maximum atomic E-state index is 6.69. The molecule has 0 spiro atoms. The summed E-state index contributed by atoms with van der Waals surface area (Å²) in [6, 6.07) is 23.2. The van der Waals surface area contributed by atoms with Crippen molar-refractivity contribution in [3.63, 3.8) is 0 Å². The third kappa shape index (κ3) is 8.92. The van der Waals surface area contributed by atoms with Crippen LogP contribution in [0.4, 0.5) is 17.1 Å². The molecule has 2 saturated heterocycles. The predicted molar refractivity (Wildman–Crippen MR) is 216 cm³/mol. The molecule has 0 radical (unpaired) electrons. The van der Waals surface area contributed by atoms with E-state index in [1.807, 2.05) is 74.4 Å². The number of likely N-dealkylation sites (N-methyl/N-ethyl adjacent to an activating group) is 1. The second kappa shape index (κ2) is 17.8. The first-order valence-corrected chi connectivity index (χ1v) is 18.7. The van der Waals surface area contributed by atoms with E-state index in [0.717, 1.165) is 61.0 Å². The predicted octanol–water partition coefficient (Wildman–Crippen LogP) is 8.09. The van der Waals surface area contributed by atoms with Crippen LogP contribution in [-0.4, -0.2) is 87.7 Å². The van der Waals surface area contributed by atoms with E-state index in [2.05, 4.69) is 83.4 Å². The number of benzene rings is 3. The molecule has 3 atom stereocenters. The first-order valence-electron chi connectivity index (χ1n) is 18.3. The number of ether oxygens (including phenoxy) is 3. The van der Waals surface area contributed by atoms with E-state index in [1.54, 1.807) is 17.3 Å². The van der Waals surface area contributed by atoms with E-state index >= 15 is 0 Å². The molecule has 0 bridgehead atoms. The van der Waals surface area contributed by atoms with Crippen LogP contribution >= 0.6 is 11.6 Å². The highest BCUT2D eigenvalue weighted by atomic mass is 35.5. The monoisotopic (exact) mass is 727 g/mol. The molecule has 0 aliphatic carbocycles. The second-order valence-corrected chi connectivity index (χ2v) is 13.4. The van der Waals surface area contributed by atoms with Crippen molar-refractivity contribution in [1.29, 1.82) is 0 Å². The topological polar surface area (TPSA) is 68.6 Å². The number of hydrazone groups is 2. The fourth-order valence-corrected chi connectivity index (χ4v) is 6.86. The maximum absolute atomic E-state index is 6.69. The summed E-state index contributed by atoms with van der Waals surface area (Å²) in [7, 11) is 1.86. The number of halogens is 1. The van der Waals surface area contributed by atoms with Crippen molar-refractivity contribution in [2.45, 2.75) is 59.0 Å². The van der Waals surface area contributed by atoms with Crippen molar-refractivity contribution in [3.8, 4) is 5.75 Å². The minimum atomic E-state index is -1.08. The first kappa shape index (κ1) is 38.7. The molecule has 3 heterocycles. The van der Waals surface area contributed by atoms with Gasteiger partial charge in [0.15, 0.2) is 0 Å². The highest BCUT2D eigenvalue weighted by Gasteiger charge is 2.46. The average molecular weight is 728 g/mol. The SMILES string of the molecule is C=C/C=N\N(C)CC1(c2ccc(C)cc2Cl)OCC(COc2ccc(N3CCN(c4ccc(N5C=NN(C(C)CC)C5=C)cc4)CC3)cc2)O1.CC. The van der Waals surface area contributed by atoms with Crippen LogP contribution in [0.15, 0.2) is 102 Å². The van der Waals surface area contributed by atoms with Crippen LogP contribution in [0, 0.1) is 6.92 Å². The summed E-state index contributed by atoms with van der Waals surface area (Å²) in [5.74, 6) is 0.595. The highest BCUT2D eigenvalue weighted by Crippen LogP contribution is 2.39. The molecule has 3 aliphatic heterocycles. The quantitative estimate of drug-likeness (QED) is 0.129. The lowest BCUT2D eigenvalue weighted by Crippen LogP contribution is -2.46. The van der Waals surface area contributed by atoms with Crippen molar-refractivity contribution in [1.82, 2.24) is 10.0 Å². The molecule has 3 unspecified atom stereocenters. The number of piperazine rings is 1. The van der Waals surface area contributed by atoms with Crippen LogP contribution in [0.2, 0.25) is 5.02 Å². The largest absolute Gasteiger partial charge is 0.491 e. The third-order valence-corrected chi connectivity index (χ3v) is 9.77. The van der Waals surface area contributed by atoms with Crippen molar-refractivity contribution in [2.75, 3.05) is 67.7 Å². The van der Waals surface area contributed by atoms with Gasteiger partial charge in [0.25, 0.3) is 0 Å². The van der Waals surface area contributed by atoms with Crippen molar-refractivity contribution < 1.29 is 14.2 Å². The van der Waals surface area contributed by atoms with Crippen molar-refractivity contribution >= 4 is 41.2 Å². The lowest BCUT2D eigenvalue weighted by molar-refractivity contribution is -0.189. The average Bonchev–Trinajstić information content (AvgIpc) is 3.77. The summed E-state index contributed by atoms with van der Waals surface area (Å²) in [5.41, 5.74) is 5.31. The molecule has 2 fully saturated rings. The number of anilines is 3.